The van der Waals surface area contributed by atoms with Gasteiger partial charge in [-0.3, -0.25) is 19.8 Å². The molecule has 1 aromatic heterocycles. The molecule has 3 aromatic rings. The number of nitrogens with zero attached hydrogens (tertiary/aromatic N) is 3. The molecule has 170 valence electrons. The fourth-order valence-corrected chi connectivity index (χ4v) is 4.56. The zero-order chi connectivity index (χ0) is 23.2. The van der Waals surface area contributed by atoms with E-state index in [1.165, 1.54) is 22.3 Å². The number of aromatic nitrogens is 1. The molecular weight excluding hydrogens is 444 g/mol. The summed E-state index contributed by atoms with van der Waals surface area (Å²) in [6, 6.07) is 15.3. The van der Waals surface area contributed by atoms with Crippen LogP contribution in [-0.2, 0) is 22.6 Å². The fraction of sp³-hybridized carbons (Fsp3) is 0.261. The van der Waals surface area contributed by atoms with E-state index in [4.69, 9.17) is 4.74 Å². The summed E-state index contributed by atoms with van der Waals surface area (Å²) in [7, 11) is 0. The number of nitrogens with one attached hydrogen (secondary N) is 1. The van der Waals surface area contributed by atoms with Crippen LogP contribution in [0.1, 0.15) is 28.8 Å². The molecule has 9 nitrogen and oxygen atoms in total. The highest BCUT2D eigenvalue weighted by Gasteiger charge is 2.35. The molecule has 1 aliphatic rings. The van der Waals surface area contributed by atoms with Crippen molar-refractivity contribution >= 4 is 34.2 Å². The highest BCUT2D eigenvalue weighted by Crippen LogP contribution is 2.27. The second-order valence-corrected chi connectivity index (χ2v) is 8.69. The quantitative estimate of drug-likeness (QED) is 0.408. The van der Waals surface area contributed by atoms with Crippen molar-refractivity contribution in [3.63, 3.8) is 0 Å². The SMILES string of the molecule is O=C(Nc1ncc(Cc2ccccc2[N+](=O)[O-])s1)[C@@H]1CCCN1C(=O)OCc1ccccc1. The van der Waals surface area contributed by atoms with Crippen LogP contribution in [0.15, 0.2) is 60.8 Å². The molecule has 1 N–H and O–H groups in total. The number of amides is 2. The molecule has 0 aliphatic carbocycles. The molecule has 10 heteroatoms. The molecule has 1 saturated heterocycles. The number of anilines is 1. The fourth-order valence-electron chi connectivity index (χ4n) is 3.72. The van der Waals surface area contributed by atoms with Gasteiger partial charge in [0.05, 0.1) is 4.92 Å². The third kappa shape index (κ3) is 5.53. The van der Waals surface area contributed by atoms with Crippen molar-refractivity contribution < 1.29 is 19.2 Å². The highest BCUT2D eigenvalue weighted by molar-refractivity contribution is 7.15. The standard InChI is InChI=1S/C23H22N4O5S/c28-21(20-11-6-12-26(20)23(29)32-15-16-7-2-1-3-8-16)25-22-24-14-18(33-22)13-17-9-4-5-10-19(17)27(30)31/h1-5,7-10,14,20H,6,11-13,15H2,(H,24,25,28)/t20-/m0/s1. The molecule has 1 fully saturated rings. The Balaban J connectivity index is 1.35. The number of hydrogen-bond acceptors (Lipinski definition) is 7. The van der Waals surface area contributed by atoms with Crippen LogP contribution in [0.5, 0.6) is 0 Å². The van der Waals surface area contributed by atoms with E-state index >= 15 is 0 Å². The van der Waals surface area contributed by atoms with Gasteiger partial charge in [-0.2, -0.15) is 0 Å². The lowest BCUT2D eigenvalue weighted by molar-refractivity contribution is -0.385. The van der Waals surface area contributed by atoms with E-state index in [0.717, 1.165) is 10.4 Å². The van der Waals surface area contributed by atoms with Gasteiger partial charge in [0.15, 0.2) is 5.13 Å². The summed E-state index contributed by atoms with van der Waals surface area (Å²) in [6.45, 7) is 0.596. The van der Waals surface area contributed by atoms with Gasteiger partial charge in [-0.15, -0.1) is 11.3 Å². The Morgan fingerprint density at radius 3 is 2.73 bits per heavy atom. The summed E-state index contributed by atoms with van der Waals surface area (Å²) in [5.41, 5.74) is 1.50. The van der Waals surface area contributed by atoms with Gasteiger partial charge in [0.25, 0.3) is 5.69 Å². The summed E-state index contributed by atoms with van der Waals surface area (Å²) in [4.78, 5) is 42.6. The Morgan fingerprint density at radius 1 is 1.18 bits per heavy atom. The molecule has 1 aliphatic heterocycles. The van der Waals surface area contributed by atoms with Crippen LogP contribution in [0, 0.1) is 10.1 Å². The van der Waals surface area contributed by atoms with Gasteiger partial charge in [-0.25, -0.2) is 9.78 Å². The van der Waals surface area contributed by atoms with E-state index in [2.05, 4.69) is 10.3 Å². The monoisotopic (exact) mass is 466 g/mol. The second-order valence-electron chi connectivity index (χ2n) is 7.58. The van der Waals surface area contributed by atoms with Crippen molar-refractivity contribution in [1.82, 2.24) is 9.88 Å². The maximum Gasteiger partial charge on any atom is 0.410 e. The van der Waals surface area contributed by atoms with E-state index in [9.17, 15) is 19.7 Å². The van der Waals surface area contributed by atoms with Gasteiger partial charge < -0.3 is 10.1 Å². The number of carbonyl (C=O) groups excluding carboxylic acids is 2. The number of nitro benzene ring substituents is 1. The third-order valence-electron chi connectivity index (χ3n) is 5.33. The van der Waals surface area contributed by atoms with Crippen LogP contribution < -0.4 is 5.32 Å². The van der Waals surface area contributed by atoms with Crippen LogP contribution in [-0.4, -0.2) is 39.4 Å². The van der Waals surface area contributed by atoms with Crippen molar-refractivity contribution in [2.45, 2.75) is 31.9 Å². The van der Waals surface area contributed by atoms with Gasteiger partial charge >= 0.3 is 6.09 Å². The first-order valence-corrected chi connectivity index (χ1v) is 11.3. The Bertz CT molecular complexity index is 1150. The molecule has 2 amide bonds. The maximum absolute atomic E-state index is 12.8. The second kappa shape index (κ2) is 10.2. The summed E-state index contributed by atoms with van der Waals surface area (Å²) < 4.78 is 5.38. The average Bonchev–Trinajstić information content (AvgIpc) is 3.48. The first kappa shape index (κ1) is 22.4. The van der Waals surface area contributed by atoms with Crippen molar-refractivity contribution in [1.29, 1.82) is 0 Å². The highest BCUT2D eigenvalue weighted by atomic mass is 32.1. The minimum atomic E-state index is -0.629. The molecule has 0 bridgehead atoms. The Kier molecular flexibility index (Phi) is 6.94. The van der Waals surface area contributed by atoms with Crippen LogP contribution in [0.2, 0.25) is 0 Å². The minimum Gasteiger partial charge on any atom is -0.445 e. The number of hydrogen-bond donors (Lipinski definition) is 1. The van der Waals surface area contributed by atoms with Crippen LogP contribution in [0.25, 0.3) is 0 Å². The molecule has 1 atom stereocenters. The van der Waals surface area contributed by atoms with E-state index < -0.39 is 17.1 Å². The van der Waals surface area contributed by atoms with Crippen LogP contribution in [0.3, 0.4) is 0 Å². The third-order valence-corrected chi connectivity index (χ3v) is 6.24. The largest absolute Gasteiger partial charge is 0.445 e. The van der Waals surface area contributed by atoms with Crippen LogP contribution >= 0.6 is 11.3 Å². The molecule has 0 unspecified atom stereocenters. The van der Waals surface area contributed by atoms with Gasteiger partial charge in [0, 0.05) is 35.7 Å². The predicted molar refractivity (Wildman–Crippen MR) is 123 cm³/mol. The Morgan fingerprint density at radius 2 is 1.94 bits per heavy atom. The average molecular weight is 467 g/mol. The number of carbonyl (C=O) groups is 2. The topological polar surface area (TPSA) is 115 Å². The lowest BCUT2D eigenvalue weighted by Gasteiger charge is -2.22. The molecule has 2 aromatic carbocycles. The van der Waals surface area contributed by atoms with Crippen molar-refractivity contribution in [3.05, 3.63) is 86.9 Å². The van der Waals surface area contributed by atoms with E-state index in [0.29, 0.717) is 36.5 Å². The minimum absolute atomic E-state index is 0.0482. The summed E-state index contributed by atoms with van der Waals surface area (Å²) in [5, 5.41) is 14.4. The van der Waals surface area contributed by atoms with Crippen molar-refractivity contribution in [3.8, 4) is 0 Å². The van der Waals surface area contributed by atoms with Gasteiger partial charge in [-0.05, 0) is 18.4 Å². The van der Waals surface area contributed by atoms with Crippen LogP contribution in [0.4, 0.5) is 15.6 Å². The number of benzene rings is 2. The molecular formula is C23H22N4O5S. The smallest absolute Gasteiger partial charge is 0.410 e. The van der Waals surface area contributed by atoms with Crippen molar-refractivity contribution in [2.75, 3.05) is 11.9 Å². The number of ether oxygens (including phenoxy) is 1. The first-order chi connectivity index (χ1) is 16.0. The first-order valence-electron chi connectivity index (χ1n) is 10.5. The number of thiazole rings is 1. The zero-order valence-electron chi connectivity index (χ0n) is 17.7. The van der Waals surface area contributed by atoms with Gasteiger partial charge in [-0.1, -0.05) is 48.5 Å². The summed E-state index contributed by atoms with van der Waals surface area (Å²) in [6.07, 6.45) is 2.66. The van der Waals surface area contributed by atoms with Gasteiger partial charge in [0.2, 0.25) is 5.91 Å². The Hall–Kier alpha value is -3.79. The van der Waals surface area contributed by atoms with E-state index in [-0.39, 0.29) is 18.2 Å². The summed E-state index contributed by atoms with van der Waals surface area (Å²) >= 11 is 1.25. The lowest BCUT2D eigenvalue weighted by Crippen LogP contribution is -2.43. The summed E-state index contributed by atoms with van der Waals surface area (Å²) in [5.74, 6) is -0.323. The molecule has 2 heterocycles. The van der Waals surface area contributed by atoms with E-state index in [1.807, 2.05) is 30.3 Å². The molecule has 0 saturated carbocycles. The number of nitro groups is 1. The van der Waals surface area contributed by atoms with Crippen molar-refractivity contribution in [2.24, 2.45) is 0 Å². The normalized spacial score (nSPS) is 15.3. The number of likely N-dealkylation sites (tertiary alicyclic amines) is 1. The lowest BCUT2D eigenvalue weighted by atomic mass is 10.1. The predicted octanol–water partition coefficient (Wildman–Crippen LogP) is 4.38. The zero-order valence-corrected chi connectivity index (χ0v) is 18.5. The Labute approximate surface area is 194 Å². The maximum atomic E-state index is 12.8. The molecule has 0 spiro atoms. The molecule has 33 heavy (non-hydrogen) atoms. The van der Waals surface area contributed by atoms with Gasteiger partial charge in [0.1, 0.15) is 12.6 Å². The number of para-hydroxylation sites is 1. The van der Waals surface area contributed by atoms with E-state index in [1.54, 1.807) is 24.4 Å². The number of rotatable bonds is 7. The molecule has 4 rings (SSSR count). The molecule has 0 radical (unpaired) electrons.